The summed E-state index contributed by atoms with van der Waals surface area (Å²) in [6, 6.07) is 23.9. The minimum Gasteiger partial charge on any atom is -0.457 e. The maximum Gasteiger partial charge on any atom is 0.319 e. The molecule has 0 aliphatic carbocycles. The predicted molar refractivity (Wildman–Crippen MR) is 262 cm³/mol. The van der Waals surface area contributed by atoms with Crippen LogP contribution in [0.15, 0.2) is 79.1 Å². The number of nitrogens with zero attached hydrogens (tertiary/aromatic N) is 9. The Bertz CT molecular complexity index is 2690. The molecule has 360 valence electrons. The SMILES string of the molecule is Nc1ncnc2c1c(-c1ccc(Oc3ccccc3)cc1)nn2[C@@H]1CCCN(C2CCN(C(=O)N3CCC(CCC4CCN(c5ccc6c(c5)CN(C5CCC(=O)NC5=O)C6=O)CC4)CC3)CC2)C1. The van der Waals surface area contributed by atoms with Crippen LogP contribution < -0.4 is 20.7 Å². The van der Waals surface area contributed by atoms with Crippen LogP contribution in [-0.2, 0) is 16.1 Å². The van der Waals surface area contributed by atoms with Gasteiger partial charge in [-0.15, -0.1) is 0 Å². The van der Waals surface area contributed by atoms with Gasteiger partial charge in [0.15, 0.2) is 5.65 Å². The van der Waals surface area contributed by atoms with Crippen LogP contribution >= 0.6 is 0 Å². The number of ether oxygens (including phenoxy) is 1. The molecule has 16 heteroatoms. The van der Waals surface area contributed by atoms with E-state index in [0.29, 0.717) is 42.2 Å². The molecule has 8 heterocycles. The number of hydrogen-bond donors (Lipinski definition) is 2. The first kappa shape index (κ1) is 44.9. The smallest absolute Gasteiger partial charge is 0.319 e. The first-order valence-electron chi connectivity index (χ1n) is 25.3. The molecule has 3 N–H and O–H groups in total. The zero-order valence-corrected chi connectivity index (χ0v) is 39.4. The molecule has 16 nitrogen and oxygen atoms in total. The van der Waals surface area contributed by atoms with Crippen LogP contribution in [0.25, 0.3) is 22.3 Å². The number of imide groups is 1. The van der Waals surface area contributed by atoms with E-state index in [1.807, 2.05) is 66.7 Å². The lowest BCUT2D eigenvalue weighted by Gasteiger charge is -2.43. The number of benzene rings is 3. The topological polar surface area (TPSA) is 175 Å². The fourth-order valence-corrected chi connectivity index (χ4v) is 12.0. The van der Waals surface area contributed by atoms with Crippen LogP contribution in [0.2, 0.25) is 0 Å². The molecule has 0 bridgehead atoms. The minimum atomic E-state index is -0.595. The fourth-order valence-electron chi connectivity index (χ4n) is 12.0. The first-order valence-corrected chi connectivity index (χ1v) is 25.3. The van der Waals surface area contributed by atoms with E-state index < -0.39 is 6.04 Å². The first-order chi connectivity index (χ1) is 33.7. The highest BCUT2D eigenvalue weighted by Gasteiger charge is 2.40. The van der Waals surface area contributed by atoms with Crippen LogP contribution in [-0.4, -0.2) is 128 Å². The molecule has 6 aliphatic rings. The van der Waals surface area contributed by atoms with E-state index in [-0.39, 0.29) is 36.2 Å². The summed E-state index contributed by atoms with van der Waals surface area (Å²) in [7, 11) is 0. The maximum absolute atomic E-state index is 13.8. The van der Waals surface area contributed by atoms with Gasteiger partial charge in [-0.05, 0) is 136 Å². The average Bonchev–Trinajstić information content (AvgIpc) is 3.94. The number of hydrogen-bond acceptors (Lipinski definition) is 11. The van der Waals surface area contributed by atoms with Crippen molar-refractivity contribution in [3.8, 4) is 22.8 Å². The summed E-state index contributed by atoms with van der Waals surface area (Å²) in [5.74, 6) is 2.54. The molecule has 5 aromatic rings. The molecular formula is C53H63N11O5. The lowest BCUT2D eigenvalue weighted by Crippen LogP contribution is -2.53. The number of nitrogens with two attached hydrogens (primary N) is 1. The number of aromatic nitrogens is 4. The summed E-state index contributed by atoms with van der Waals surface area (Å²) in [6.07, 6.45) is 13.1. The summed E-state index contributed by atoms with van der Waals surface area (Å²) in [5, 5.41) is 8.35. The Labute approximate surface area is 403 Å². The molecule has 1 unspecified atom stereocenters. The van der Waals surface area contributed by atoms with Crippen LogP contribution in [0.5, 0.6) is 11.5 Å². The molecule has 0 spiro atoms. The van der Waals surface area contributed by atoms with Crippen molar-refractivity contribution in [2.75, 3.05) is 63.0 Å². The van der Waals surface area contributed by atoms with Crippen molar-refractivity contribution in [2.45, 2.75) is 102 Å². The summed E-state index contributed by atoms with van der Waals surface area (Å²) in [5.41, 5.74) is 11.7. The summed E-state index contributed by atoms with van der Waals surface area (Å²) >= 11 is 0. The Kier molecular flexibility index (Phi) is 12.7. The largest absolute Gasteiger partial charge is 0.457 e. The Morgan fingerprint density at radius 2 is 1.43 bits per heavy atom. The fraction of sp³-hybridized carbons (Fsp3) is 0.491. The average molecular weight is 934 g/mol. The second kappa shape index (κ2) is 19.4. The number of rotatable bonds is 10. The quantitative estimate of drug-likeness (QED) is 0.135. The number of para-hydroxylation sites is 1. The third-order valence-corrected chi connectivity index (χ3v) is 16.0. The number of likely N-dealkylation sites (tertiary alicyclic amines) is 3. The van der Waals surface area contributed by atoms with Crippen molar-refractivity contribution in [1.29, 1.82) is 0 Å². The number of carbonyl (C=O) groups excluding carboxylic acids is 4. The van der Waals surface area contributed by atoms with Crippen molar-refractivity contribution >= 4 is 46.3 Å². The van der Waals surface area contributed by atoms with Gasteiger partial charge in [-0.25, -0.2) is 19.4 Å². The van der Waals surface area contributed by atoms with Crippen molar-refractivity contribution in [2.24, 2.45) is 11.8 Å². The second-order valence-electron chi connectivity index (χ2n) is 20.2. The minimum absolute atomic E-state index is 0.128. The van der Waals surface area contributed by atoms with Gasteiger partial charge in [0.25, 0.3) is 5.91 Å². The van der Waals surface area contributed by atoms with Crippen LogP contribution in [0.3, 0.4) is 0 Å². The highest BCUT2D eigenvalue weighted by Crippen LogP contribution is 2.37. The van der Waals surface area contributed by atoms with Gasteiger partial charge >= 0.3 is 6.03 Å². The van der Waals surface area contributed by atoms with E-state index in [0.717, 1.165) is 149 Å². The molecule has 2 atom stereocenters. The highest BCUT2D eigenvalue weighted by atomic mass is 16.5. The Morgan fingerprint density at radius 1 is 0.739 bits per heavy atom. The van der Waals surface area contributed by atoms with Crippen molar-refractivity contribution < 1.29 is 23.9 Å². The summed E-state index contributed by atoms with van der Waals surface area (Å²) in [4.78, 5) is 71.2. The van der Waals surface area contributed by atoms with Crippen molar-refractivity contribution in [1.82, 2.24) is 44.7 Å². The number of amides is 5. The van der Waals surface area contributed by atoms with Crippen LogP contribution in [0.1, 0.15) is 99.0 Å². The van der Waals surface area contributed by atoms with E-state index in [9.17, 15) is 19.2 Å². The van der Waals surface area contributed by atoms with Gasteiger partial charge < -0.3 is 30.1 Å². The molecular weight excluding hydrogens is 871 g/mol. The Balaban J connectivity index is 0.622. The number of carbonyl (C=O) groups is 4. The molecule has 0 saturated carbocycles. The molecule has 11 rings (SSSR count). The molecule has 5 fully saturated rings. The van der Waals surface area contributed by atoms with E-state index >= 15 is 0 Å². The van der Waals surface area contributed by atoms with Gasteiger partial charge in [-0.3, -0.25) is 24.6 Å². The number of fused-ring (bicyclic) bond motifs is 2. The van der Waals surface area contributed by atoms with Crippen LogP contribution in [0, 0.1) is 11.8 Å². The molecule has 2 aromatic heterocycles. The number of piperidine rings is 5. The third kappa shape index (κ3) is 9.34. The van der Waals surface area contributed by atoms with Gasteiger partial charge in [0, 0.05) is 81.6 Å². The zero-order valence-electron chi connectivity index (χ0n) is 39.4. The molecule has 6 aliphatic heterocycles. The number of nitrogen functional groups attached to an aromatic ring is 1. The number of urea groups is 1. The van der Waals surface area contributed by atoms with E-state index in [1.165, 1.54) is 19.2 Å². The predicted octanol–water partition coefficient (Wildman–Crippen LogP) is 7.26. The molecule has 0 radical (unpaired) electrons. The van der Waals surface area contributed by atoms with Gasteiger partial charge in [0.05, 0.1) is 11.4 Å². The molecule has 5 amide bonds. The van der Waals surface area contributed by atoms with Gasteiger partial charge in [-0.2, -0.15) is 5.10 Å². The van der Waals surface area contributed by atoms with E-state index in [2.05, 4.69) is 40.6 Å². The van der Waals surface area contributed by atoms with Gasteiger partial charge in [-0.1, -0.05) is 31.0 Å². The highest BCUT2D eigenvalue weighted by molar-refractivity contribution is 6.05. The zero-order chi connectivity index (χ0) is 47.0. The lowest BCUT2D eigenvalue weighted by molar-refractivity contribution is -0.136. The third-order valence-electron chi connectivity index (χ3n) is 16.0. The van der Waals surface area contributed by atoms with Crippen LogP contribution in [0.4, 0.5) is 16.3 Å². The van der Waals surface area contributed by atoms with E-state index in [1.54, 1.807) is 4.90 Å². The van der Waals surface area contributed by atoms with Gasteiger partial charge in [0.2, 0.25) is 11.8 Å². The monoisotopic (exact) mass is 934 g/mol. The van der Waals surface area contributed by atoms with E-state index in [4.69, 9.17) is 20.6 Å². The summed E-state index contributed by atoms with van der Waals surface area (Å²) < 4.78 is 8.13. The summed E-state index contributed by atoms with van der Waals surface area (Å²) in [6.45, 7) is 7.57. The van der Waals surface area contributed by atoms with Crippen molar-refractivity contribution in [3.05, 3.63) is 90.3 Å². The Morgan fingerprint density at radius 3 is 2.16 bits per heavy atom. The van der Waals surface area contributed by atoms with Gasteiger partial charge in [0.1, 0.15) is 35.4 Å². The molecule has 3 aromatic carbocycles. The normalized spacial score (nSPS) is 22.3. The lowest BCUT2D eigenvalue weighted by atomic mass is 9.85. The standard InChI is InChI=1S/C53H63N11O5/c54-49-47-48(37-10-13-43(14-11-37)69-42-6-2-1-3-7-42)58-64(50(47)56-34-55-49)41-5-4-24-62(33-41)39-22-29-61(30-23-39)53(68)60-27-20-36(21-28-60)9-8-35-18-25-59(26-19-35)40-12-15-44-38(31-40)32-63(52(44)67)45-16-17-46(65)57-51(45)66/h1-3,6-7,10-15,31,34-36,39,41,45H,4-5,8-9,16-30,32-33H2,(H2,54,55,56)(H,57,65,66)/t41-,45?/m1/s1. The molecule has 5 saturated heterocycles. The molecule has 69 heavy (non-hydrogen) atoms. The number of anilines is 2. The second-order valence-corrected chi connectivity index (χ2v) is 20.2. The maximum atomic E-state index is 13.8. The Hall–Kier alpha value is -6.55. The number of nitrogens with one attached hydrogen (secondary N) is 1. The van der Waals surface area contributed by atoms with Crippen molar-refractivity contribution in [3.63, 3.8) is 0 Å².